The van der Waals surface area contributed by atoms with Gasteiger partial charge in [0.15, 0.2) is 0 Å². The molecule has 0 N–H and O–H groups in total. The van der Waals surface area contributed by atoms with Crippen molar-refractivity contribution < 1.29 is 17.2 Å². The summed E-state index contributed by atoms with van der Waals surface area (Å²) in [6.45, 7) is 3.06. The molecule has 0 spiro atoms. The van der Waals surface area contributed by atoms with Gasteiger partial charge in [-0.25, -0.2) is 17.2 Å². The highest BCUT2D eigenvalue weighted by atomic mass is 35.7. The van der Waals surface area contributed by atoms with Crippen molar-refractivity contribution in [3.63, 3.8) is 0 Å². The van der Waals surface area contributed by atoms with Crippen molar-refractivity contribution in [3.05, 3.63) is 35.4 Å². The van der Waals surface area contributed by atoms with Gasteiger partial charge in [-0.2, -0.15) is 0 Å². The fourth-order valence-corrected chi connectivity index (χ4v) is 3.38. The minimum absolute atomic E-state index is 0.123. The quantitative estimate of drug-likeness (QED) is 0.790. The monoisotopic (exact) mass is 268 g/mol. The molecule has 1 aromatic rings. The molecule has 0 aliphatic rings. The molecule has 0 unspecified atom stereocenters. The molecule has 0 radical (unpaired) electrons. The smallest absolute Gasteiger partial charge is 0.212 e. The van der Waals surface area contributed by atoms with Gasteiger partial charge in [0.05, 0.1) is 5.75 Å². The van der Waals surface area contributed by atoms with Crippen LogP contribution in [0.25, 0.3) is 0 Å². The number of hydrogen-bond donors (Lipinski definition) is 0. The third-order valence-corrected chi connectivity index (χ3v) is 3.59. The molecular formula is C10H11ClF2O2S. The Bertz CT molecular complexity index is 498. The Hall–Kier alpha value is -0.680. The van der Waals surface area contributed by atoms with Gasteiger partial charge in [0.25, 0.3) is 0 Å². The van der Waals surface area contributed by atoms with E-state index in [9.17, 15) is 17.2 Å². The number of rotatable bonds is 3. The summed E-state index contributed by atoms with van der Waals surface area (Å²) in [6.07, 6.45) is 0. The van der Waals surface area contributed by atoms with Gasteiger partial charge in [0, 0.05) is 22.2 Å². The zero-order valence-corrected chi connectivity index (χ0v) is 10.4. The van der Waals surface area contributed by atoms with Gasteiger partial charge in [-0.05, 0) is 11.6 Å². The first-order valence-corrected chi connectivity index (χ1v) is 6.97. The van der Waals surface area contributed by atoms with Crippen LogP contribution in [0.15, 0.2) is 18.2 Å². The van der Waals surface area contributed by atoms with E-state index in [0.717, 1.165) is 12.1 Å². The average molecular weight is 269 g/mol. The van der Waals surface area contributed by atoms with Crippen LogP contribution in [0.1, 0.15) is 19.4 Å². The molecule has 1 aromatic carbocycles. The van der Waals surface area contributed by atoms with E-state index in [1.165, 1.54) is 19.9 Å². The summed E-state index contributed by atoms with van der Waals surface area (Å²) >= 11 is 0. The molecule has 2 nitrogen and oxygen atoms in total. The van der Waals surface area contributed by atoms with Gasteiger partial charge >= 0.3 is 0 Å². The molecule has 0 aliphatic heterocycles. The van der Waals surface area contributed by atoms with E-state index in [0.29, 0.717) is 0 Å². The molecule has 16 heavy (non-hydrogen) atoms. The average Bonchev–Trinajstić information content (AvgIpc) is 1.97. The van der Waals surface area contributed by atoms with Crippen molar-refractivity contribution in [2.24, 2.45) is 0 Å². The Morgan fingerprint density at radius 1 is 1.31 bits per heavy atom. The van der Waals surface area contributed by atoms with Gasteiger partial charge in [0.1, 0.15) is 11.6 Å². The van der Waals surface area contributed by atoms with Gasteiger partial charge in [-0.3, -0.25) is 0 Å². The second-order valence-electron chi connectivity index (χ2n) is 4.19. The summed E-state index contributed by atoms with van der Waals surface area (Å²) in [5.41, 5.74) is -0.878. The van der Waals surface area contributed by atoms with Crippen LogP contribution in [0, 0.1) is 11.6 Å². The highest BCUT2D eigenvalue weighted by Crippen LogP contribution is 2.28. The van der Waals surface area contributed by atoms with E-state index in [1.807, 2.05) is 0 Å². The fraction of sp³-hybridized carbons (Fsp3) is 0.400. The molecule has 0 atom stereocenters. The zero-order chi connectivity index (χ0) is 12.6. The molecule has 0 saturated heterocycles. The predicted molar refractivity (Wildman–Crippen MR) is 59.0 cm³/mol. The third kappa shape index (κ3) is 3.42. The van der Waals surface area contributed by atoms with Crippen LogP contribution in [0.2, 0.25) is 0 Å². The summed E-state index contributed by atoms with van der Waals surface area (Å²) in [7, 11) is 1.38. The van der Waals surface area contributed by atoms with Crippen molar-refractivity contribution in [1.29, 1.82) is 0 Å². The van der Waals surface area contributed by atoms with E-state index < -0.39 is 31.9 Å². The number of hydrogen-bond acceptors (Lipinski definition) is 2. The summed E-state index contributed by atoms with van der Waals surface area (Å²) < 4.78 is 48.1. The van der Waals surface area contributed by atoms with Crippen molar-refractivity contribution in [2.75, 3.05) is 5.75 Å². The minimum Gasteiger partial charge on any atom is -0.212 e. The van der Waals surface area contributed by atoms with Crippen molar-refractivity contribution in [2.45, 2.75) is 19.3 Å². The summed E-state index contributed by atoms with van der Waals surface area (Å²) in [5, 5.41) is 0. The standard InChI is InChI=1S/C10H11ClF2O2S/c1-10(2,6-16(11,14)15)8-4-3-7(12)5-9(8)13/h3-5H,6H2,1-2H3. The SMILES string of the molecule is CC(C)(CS(=O)(=O)Cl)c1ccc(F)cc1F. The lowest BCUT2D eigenvalue weighted by Crippen LogP contribution is -2.27. The zero-order valence-electron chi connectivity index (χ0n) is 8.80. The Labute approximate surface area is 97.7 Å². The van der Waals surface area contributed by atoms with Gasteiger partial charge in [-0.15, -0.1) is 0 Å². The van der Waals surface area contributed by atoms with Crippen molar-refractivity contribution >= 4 is 19.7 Å². The second-order valence-corrected chi connectivity index (χ2v) is 6.97. The first kappa shape index (κ1) is 13.4. The van der Waals surface area contributed by atoms with E-state index in [4.69, 9.17) is 10.7 Å². The topological polar surface area (TPSA) is 34.1 Å². The van der Waals surface area contributed by atoms with E-state index in [2.05, 4.69) is 0 Å². The van der Waals surface area contributed by atoms with E-state index in [-0.39, 0.29) is 5.56 Å². The third-order valence-electron chi connectivity index (χ3n) is 2.19. The van der Waals surface area contributed by atoms with Crippen LogP contribution in [0.5, 0.6) is 0 Å². The molecule has 0 bridgehead atoms. The molecule has 0 aliphatic carbocycles. The second kappa shape index (κ2) is 4.30. The first-order valence-electron chi connectivity index (χ1n) is 4.50. The molecule has 90 valence electrons. The highest BCUT2D eigenvalue weighted by Gasteiger charge is 2.29. The molecule has 1 rings (SSSR count). The molecular weight excluding hydrogens is 258 g/mol. The van der Waals surface area contributed by atoms with Crippen LogP contribution < -0.4 is 0 Å². The Balaban J connectivity index is 3.17. The molecule has 0 fully saturated rings. The minimum atomic E-state index is -3.75. The highest BCUT2D eigenvalue weighted by molar-refractivity contribution is 8.13. The van der Waals surface area contributed by atoms with Crippen LogP contribution >= 0.6 is 10.7 Å². The summed E-state index contributed by atoms with van der Waals surface area (Å²) in [5.74, 6) is -1.89. The predicted octanol–water partition coefficient (Wildman–Crippen LogP) is 2.81. The van der Waals surface area contributed by atoms with Crippen LogP contribution in [0.4, 0.5) is 8.78 Å². The summed E-state index contributed by atoms with van der Waals surface area (Å²) in [4.78, 5) is 0. The van der Waals surface area contributed by atoms with Crippen LogP contribution in [-0.4, -0.2) is 14.2 Å². The van der Waals surface area contributed by atoms with Gasteiger partial charge in [-0.1, -0.05) is 19.9 Å². The molecule has 6 heteroatoms. The van der Waals surface area contributed by atoms with E-state index in [1.54, 1.807) is 0 Å². The number of benzene rings is 1. The number of halogens is 3. The molecule has 0 amide bonds. The lowest BCUT2D eigenvalue weighted by atomic mass is 9.86. The molecule has 0 aromatic heterocycles. The maximum absolute atomic E-state index is 13.4. The Morgan fingerprint density at radius 3 is 2.31 bits per heavy atom. The van der Waals surface area contributed by atoms with Crippen molar-refractivity contribution in [1.82, 2.24) is 0 Å². The largest absolute Gasteiger partial charge is 0.233 e. The van der Waals surface area contributed by atoms with Crippen LogP contribution in [0.3, 0.4) is 0 Å². The van der Waals surface area contributed by atoms with Crippen molar-refractivity contribution in [3.8, 4) is 0 Å². The van der Waals surface area contributed by atoms with Gasteiger partial charge in [0.2, 0.25) is 9.05 Å². The fourth-order valence-electron chi connectivity index (χ4n) is 1.55. The normalized spacial score (nSPS) is 12.8. The Morgan fingerprint density at radius 2 is 1.88 bits per heavy atom. The molecule has 0 heterocycles. The first-order chi connectivity index (χ1) is 7.12. The van der Waals surface area contributed by atoms with Crippen LogP contribution in [-0.2, 0) is 14.5 Å². The maximum Gasteiger partial charge on any atom is 0.233 e. The molecule has 0 saturated carbocycles. The van der Waals surface area contributed by atoms with E-state index >= 15 is 0 Å². The lowest BCUT2D eigenvalue weighted by molar-refractivity contribution is 0.506. The van der Waals surface area contributed by atoms with Gasteiger partial charge < -0.3 is 0 Å². The Kier molecular flexibility index (Phi) is 3.59. The summed E-state index contributed by atoms with van der Waals surface area (Å²) in [6, 6.07) is 3.03. The lowest BCUT2D eigenvalue weighted by Gasteiger charge is -2.23. The maximum atomic E-state index is 13.4.